The fraction of sp³-hybridized carbons (Fsp3) is 0.235. The Bertz CT molecular complexity index is 637. The Balaban J connectivity index is 1.76. The molecule has 3 rings (SSSR count). The van der Waals surface area contributed by atoms with Crippen LogP contribution in [-0.4, -0.2) is 11.0 Å². The molecule has 1 aliphatic rings. The van der Waals surface area contributed by atoms with Crippen LogP contribution in [0.1, 0.15) is 29.0 Å². The van der Waals surface area contributed by atoms with Crippen molar-refractivity contribution in [1.29, 1.82) is 0 Å². The van der Waals surface area contributed by atoms with Crippen LogP contribution in [0.4, 0.5) is 5.69 Å². The Kier molecular flexibility index (Phi) is 3.45. The Morgan fingerprint density at radius 3 is 2.65 bits per heavy atom. The Morgan fingerprint density at radius 1 is 1.20 bits per heavy atom. The van der Waals surface area contributed by atoms with Crippen molar-refractivity contribution >= 4 is 22.9 Å². The third kappa shape index (κ3) is 2.68. The van der Waals surface area contributed by atoms with Crippen molar-refractivity contribution in [3.63, 3.8) is 0 Å². The van der Waals surface area contributed by atoms with E-state index in [-0.39, 0.29) is 0 Å². The largest absolute Gasteiger partial charge is 0.389 e. The number of nitrogens with one attached hydrogen (secondary N) is 1. The second kappa shape index (κ2) is 5.25. The maximum absolute atomic E-state index is 5.82. The lowest BCUT2D eigenvalue weighted by Crippen LogP contribution is -2.15. The Labute approximate surface area is 125 Å². The van der Waals surface area contributed by atoms with Gasteiger partial charge in [0.05, 0.1) is 0 Å². The third-order valence-electron chi connectivity index (χ3n) is 3.80. The van der Waals surface area contributed by atoms with E-state index >= 15 is 0 Å². The molecule has 3 N–H and O–H groups in total. The standard InChI is InChI=1S/C17H18N2S/c1-11-7-8-15(14(9-11)17(18)20)19-16-10-13(16)12-5-3-2-4-6-12/h2-9,13,16,19H,10H2,1H3,(H2,18,20). The van der Waals surface area contributed by atoms with Gasteiger partial charge >= 0.3 is 0 Å². The molecule has 2 atom stereocenters. The number of rotatable bonds is 4. The number of benzene rings is 2. The van der Waals surface area contributed by atoms with Gasteiger partial charge in [-0.15, -0.1) is 0 Å². The van der Waals surface area contributed by atoms with Gasteiger partial charge in [-0.05, 0) is 31.0 Å². The molecule has 0 spiro atoms. The molecule has 0 radical (unpaired) electrons. The van der Waals surface area contributed by atoms with Gasteiger partial charge in [0.2, 0.25) is 0 Å². The van der Waals surface area contributed by atoms with Crippen LogP contribution in [-0.2, 0) is 0 Å². The molecule has 0 aliphatic heterocycles. The molecule has 2 unspecified atom stereocenters. The van der Waals surface area contributed by atoms with Crippen LogP contribution in [0.5, 0.6) is 0 Å². The van der Waals surface area contributed by atoms with Crippen molar-refractivity contribution < 1.29 is 0 Å². The topological polar surface area (TPSA) is 38.0 Å². The summed E-state index contributed by atoms with van der Waals surface area (Å²) in [4.78, 5) is 0.452. The van der Waals surface area contributed by atoms with Crippen LogP contribution in [0, 0.1) is 6.92 Å². The molecule has 1 aliphatic carbocycles. The van der Waals surface area contributed by atoms with Gasteiger partial charge in [0, 0.05) is 23.2 Å². The van der Waals surface area contributed by atoms with E-state index in [9.17, 15) is 0 Å². The van der Waals surface area contributed by atoms with E-state index in [0.29, 0.717) is 16.9 Å². The smallest absolute Gasteiger partial charge is 0.106 e. The van der Waals surface area contributed by atoms with Crippen molar-refractivity contribution in [2.45, 2.75) is 25.3 Å². The highest BCUT2D eigenvalue weighted by molar-refractivity contribution is 7.80. The molecule has 1 saturated carbocycles. The van der Waals surface area contributed by atoms with Crippen molar-refractivity contribution in [2.75, 3.05) is 5.32 Å². The molecular formula is C17H18N2S. The SMILES string of the molecule is Cc1ccc(NC2CC2c2ccccc2)c(C(N)=S)c1. The van der Waals surface area contributed by atoms with Crippen LogP contribution in [0.3, 0.4) is 0 Å². The fourth-order valence-electron chi connectivity index (χ4n) is 2.61. The zero-order valence-electron chi connectivity index (χ0n) is 11.5. The molecule has 20 heavy (non-hydrogen) atoms. The zero-order chi connectivity index (χ0) is 14.1. The lowest BCUT2D eigenvalue weighted by Gasteiger charge is -2.12. The molecule has 0 bridgehead atoms. The van der Waals surface area contributed by atoms with Crippen molar-refractivity contribution in [2.24, 2.45) is 5.73 Å². The number of thiocarbonyl (C=S) groups is 1. The molecule has 3 heteroatoms. The third-order valence-corrected chi connectivity index (χ3v) is 4.02. The summed E-state index contributed by atoms with van der Waals surface area (Å²) in [6, 6.07) is 17.3. The molecule has 2 aromatic rings. The van der Waals surface area contributed by atoms with Crippen LogP contribution < -0.4 is 11.1 Å². The second-order valence-electron chi connectivity index (χ2n) is 5.42. The lowest BCUT2D eigenvalue weighted by molar-refractivity contribution is 1.04. The van der Waals surface area contributed by atoms with E-state index < -0.39 is 0 Å². The van der Waals surface area contributed by atoms with Crippen LogP contribution in [0.15, 0.2) is 48.5 Å². The number of anilines is 1. The maximum atomic E-state index is 5.82. The number of hydrogen-bond acceptors (Lipinski definition) is 2. The zero-order valence-corrected chi connectivity index (χ0v) is 12.3. The van der Waals surface area contributed by atoms with E-state index in [2.05, 4.69) is 54.7 Å². The first-order valence-electron chi connectivity index (χ1n) is 6.87. The van der Waals surface area contributed by atoms with E-state index in [1.165, 1.54) is 11.1 Å². The summed E-state index contributed by atoms with van der Waals surface area (Å²) in [5, 5.41) is 3.57. The average molecular weight is 282 g/mol. The van der Waals surface area contributed by atoms with Crippen molar-refractivity contribution in [1.82, 2.24) is 0 Å². The molecule has 1 fully saturated rings. The van der Waals surface area contributed by atoms with Crippen LogP contribution in [0.2, 0.25) is 0 Å². The quantitative estimate of drug-likeness (QED) is 0.842. The van der Waals surface area contributed by atoms with Gasteiger partial charge < -0.3 is 11.1 Å². The van der Waals surface area contributed by atoms with Crippen molar-refractivity contribution in [3.8, 4) is 0 Å². The highest BCUT2D eigenvalue weighted by Crippen LogP contribution is 2.43. The molecule has 2 aromatic carbocycles. The predicted octanol–water partition coefficient (Wildman–Crippen LogP) is 3.60. The van der Waals surface area contributed by atoms with Gasteiger partial charge in [-0.1, -0.05) is 54.2 Å². The summed E-state index contributed by atoms with van der Waals surface area (Å²) in [5.74, 6) is 0.594. The minimum absolute atomic E-state index is 0.452. The van der Waals surface area contributed by atoms with Gasteiger partial charge in [-0.2, -0.15) is 0 Å². The van der Waals surface area contributed by atoms with Gasteiger partial charge in [-0.25, -0.2) is 0 Å². The fourth-order valence-corrected chi connectivity index (χ4v) is 2.78. The highest BCUT2D eigenvalue weighted by Gasteiger charge is 2.38. The molecule has 0 amide bonds. The molecular weight excluding hydrogens is 264 g/mol. The first-order valence-corrected chi connectivity index (χ1v) is 7.28. The monoisotopic (exact) mass is 282 g/mol. The molecule has 0 saturated heterocycles. The van der Waals surface area contributed by atoms with Gasteiger partial charge in [0.25, 0.3) is 0 Å². The lowest BCUT2D eigenvalue weighted by atomic mass is 10.1. The average Bonchev–Trinajstić information content (AvgIpc) is 3.21. The van der Waals surface area contributed by atoms with Gasteiger partial charge in [0.1, 0.15) is 4.99 Å². The summed E-state index contributed by atoms with van der Waals surface area (Å²) in [7, 11) is 0. The number of hydrogen-bond donors (Lipinski definition) is 2. The minimum atomic E-state index is 0.452. The summed E-state index contributed by atoms with van der Waals surface area (Å²) in [6.07, 6.45) is 1.16. The summed E-state index contributed by atoms with van der Waals surface area (Å²) >= 11 is 5.14. The summed E-state index contributed by atoms with van der Waals surface area (Å²) < 4.78 is 0. The first kappa shape index (κ1) is 13.1. The molecule has 102 valence electrons. The van der Waals surface area contributed by atoms with E-state index in [4.69, 9.17) is 18.0 Å². The second-order valence-corrected chi connectivity index (χ2v) is 5.86. The minimum Gasteiger partial charge on any atom is -0.389 e. The van der Waals surface area contributed by atoms with Gasteiger partial charge in [0.15, 0.2) is 0 Å². The normalized spacial score (nSPS) is 20.4. The number of aryl methyl sites for hydroxylation is 1. The Morgan fingerprint density at radius 2 is 1.95 bits per heavy atom. The molecule has 2 nitrogen and oxygen atoms in total. The Hall–Kier alpha value is -1.87. The summed E-state index contributed by atoms with van der Waals surface area (Å²) in [6.45, 7) is 2.05. The number of nitrogens with two attached hydrogens (primary N) is 1. The van der Waals surface area contributed by atoms with Crippen LogP contribution >= 0.6 is 12.2 Å². The molecule has 0 aromatic heterocycles. The summed E-state index contributed by atoms with van der Waals surface area (Å²) in [5.41, 5.74) is 10.4. The molecule has 0 heterocycles. The van der Waals surface area contributed by atoms with E-state index in [1.54, 1.807) is 0 Å². The van der Waals surface area contributed by atoms with Crippen LogP contribution in [0.25, 0.3) is 0 Å². The maximum Gasteiger partial charge on any atom is 0.106 e. The predicted molar refractivity (Wildman–Crippen MR) is 88.3 cm³/mol. The first-order chi connectivity index (χ1) is 9.65. The van der Waals surface area contributed by atoms with Crippen molar-refractivity contribution in [3.05, 3.63) is 65.2 Å². The highest BCUT2D eigenvalue weighted by atomic mass is 32.1. The van der Waals surface area contributed by atoms with E-state index in [0.717, 1.165) is 17.7 Å². The van der Waals surface area contributed by atoms with Gasteiger partial charge in [-0.3, -0.25) is 0 Å². The van der Waals surface area contributed by atoms with E-state index in [1.807, 2.05) is 6.07 Å².